The first-order valence-electron chi connectivity index (χ1n) is 6.20. The van der Waals surface area contributed by atoms with Crippen molar-refractivity contribution in [2.45, 2.75) is 26.0 Å². The van der Waals surface area contributed by atoms with Gasteiger partial charge >= 0.3 is 0 Å². The molecule has 0 bridgehead atoms. The van der Waals surface area contributed by atoms with E-state index in [1.807, 2.05) is 13.8 Å². The number of hydrogen-bond donors (Lipinski definition) is 2. The van der Waals surface area contributed by atoms with Crippen LogP contribution in [0, 0.1) is 5.92 Å². The highest BCUT2D eigenvalue weighted by molar-refractivity contribution is 5.56. The number of methoxy groups -OCH3 is 3. The van der Waals surface area contributed by atoms with E-state index in [4.69, 9.17) is 19.9 Å². The van der Waals surface area contributed by atoms with Gasteiger partial charge in [-0.05, 0) is 18.1 Å². The SMILES string of the molecule is COc1ccc([C@H](N)[C@H](O)C(C)C)c(OC)c1OC. The Morgan fingerprint density at radius 2 is 1.58 bits per heavy atom. The molecule has 2 atom stereocenters. The predicted octanol–water partition coefficient (Wildman–Crippen LogP) is 1.73. The molecule has 0 spiro atoms. The van der Waals surface area contributed by atoms with E-state index in [2.05, 4.69) is 0 Å². The Morgan fingerprint density at radius 3 is 2.00 bits per heavy atom. The third-order valence-corrected chi connectivity index (χ3v) is 3.14. The fraction of sp³-hybridized carbons (Fsp3) is 0.571. The van der Waals surface area contributed by atoms with E-state index in [1.54, 1.807) is 19.2 Å². The molecule has 1 aromatic rings. The largest absolute Gasteiger partial charge is 0.493 e. The first-order valence-corrected chi connectivity index (χ1v) is 6.20. The van der Waals surface area contributed by atoms with Crippen molar-refractivity contribution in [3.63, 3.8) is 0 Å². The quantitative estimate of drug-likeness (QED) is 0.822. The molecule has 0 aromatic heterocycles. The molecule has 1 aromatic carbocycles. The van der Waals surface area contributed by atoms with Crippen molar-refractivity contribution in [1.82, 2.24) is 0 Å². The van der Waals surface area contributed by atoms with Crippen molar-refractivity contribution in [3.8, 4) is 17.2 Å². The highest BCUT2D eigenvalue weighted by Crippen LogP contribution is 2.42. The van der Waals surface area contributed by atoms with Crippen LogP contribution in [0.4, 0.5) is 0 Å². The fourth-order valence-corrected chi connectivity index (χ4v) is 1.99. The number of ether oxygens (including phenoxy) is 3. The zero-order chi connectivity index (χ0) is 14.6. The second kappa shape index (κ2) is 6.63. The summed E-state index contributed by atoms with van der Waals surface area (Å²) < 4.78 is 15.9. The van der Waals surface area contributed by atoms with Crippen LogP contribution in [0.5, 0.6) is 17.2 Å². The molecule has 0 aliphatic rings. The summed E-state index contributed by atoms with van der Waals surface area (Å²) in [4.78, 5) is 0. The van der Waals surface area contributed by atoms with Gasteiger partial charge in [0, 0.05) is 5.56 Å². The number of benzene rings is 1. The monoisotopic (exact) mass is 269 g/mol. The molecular weight excluding hydrogens is 246 g/mol. The molecule has 1 rings (SSSR count). The Morgan fingerprint density at radius 1 is 1.00 bits per heavy atom. The van der Waals surface area contributed by atoms with Crippen LogP contribution < -0.4 is 19.9 Å². The van der Waals surface area contributed by atoms with Gasteiger partial charge in [0.1, 0.15) is 0 Å². The summed E-state index contributed by atoms with van der Waals surface area (Å²) in [5, 5.41) is 10.1. The van der Waals surface area contributed by atoms with Crippen molar-refractivity contribution >= 4 is 0 Å². The first kappa shape index (κ1) is 15.6. The summed E-state index contributed by atoms with van der Waals surface area (Å²) >= 11 is 0. The minimum Gasteiger partial charge on any atom is -0.493 e. The Hall–Kier alpha value is -1.46. The van der Waals surface area contributed by atoms with Crippen molar-refractivity contribution in [3.05, 3.63) is 17.7 Å². The third-order valence-electron chi connectivity index (χ3n) is 3.14. The fourth-order valence-electron chi connectivity index (χ4n) is 1.99. The normalized spacial score (nSPS) is 14.1. The van der Waals surface area contributed by atoms with Crippen molar-refractivity contribution in [1.29, 1.82) is 0 Å². The molecule has 3 N–H and O–H groups in total. The van der Waals surface area contributed by atoms with Gasteiger partial charge in [-0.15, -0.1) is 0 Å². The summed E-state index contributed by atoms with van der Waals surface area (Å²) in [6.07, 6.45) is -0.660. The third kappa shape index (κ3) is 3.11. The van der Waals surface area contributed by atoms with Crippen LogP contribution in [0.3, 0.4) is 0 Å². The maximum atomic E-state index is 10.1. The van der Waals surface area contributed by atoms with Crippen molar-refractivity contribution < 1.29 is 19.3 Å². The van der Waals surface area contributed by atoms with Gasteiger partial charge in [-0.1, -0.05) is 13.8 Å². The zero-order valence-corrected chi connectivity index (χ0v) is 12.1. The van der Waals surface area contributed by atoms with Crippen LogP contribution in [0.1, 0.15) is 25.5 Å². The van der Waals surface area contributed by atoms with Crippen molar-refractivity contribution in [2.75, 3.05) is 21.3 Å². The van der Waals surface area contributed by atoms with E-state index >= 15 is 0 Å². The summed E-state index contributed by atoms with van der Waals surface area (Å²) in [6.45, 7) is 3.83. The average Bonchev–Trinajstić information content (AvgIpc) is 2.43. The second-order valence-corrected chi connectivity index (χ2v) is 4.68. The highest BCUT2D eigenvalue weighted by Gasteiger charge is 2.26. The van der Waals surface area contributed by atoms with Crippen LogP contribution in [-0.4, -0.2) is 32.5 Å². The van der Waals surface area contributed by atoms with Gasteiger partial charge < -0.3 is 25.1 Å². The number of aliphatic hydroxyl groups excluding tert-OH is 1. The first-order chi connectivity index (χ1) is 8.97. The van der Waals surface area contributed by atoms with Gasteiger partial charge in [0.25, 0.3) is 0 Å². The lowest BCUT2D eigenvalue weighted by atomic mass is 9.93. The van der Waals surface area contributed by atoms with Gasteiger partial charge in [0.2, 0.25) is 5.75 Å². The molecule has 5 nitrogen and oxygen atoms in total. The van der Waals surface area contributed by atoms with E-state index in [1.165, 1.54) is 14.2 Å². The summed E-state index contributed by atoms with van der Waals surface area (Å²) in [7, 11) is 4.63. The number of nitrogens with two attached hydrogens (primary N) is 1. The maximum Gasteiger partial charge on any atom is 0.203 e. The average molecular weight is 269 g/mol. The summed E-state index contributed by atoms with van der Waals surface area (Å²) in [6, 6.07) is 3.00. The Labute approximate surface area is 114 Å². The van der Waals surface area contributed by atoms with Gasteiger partial charge in [-0.3, -0.25) is 0 Å². The standard InChI is InChI=1S/C14H23NO4/c1-8(2)12(16)11(15)9-6-7-10(17-3)14(19-5)13(9)18-4/h6-8,11-12,16H,15H2,1-5H3/t11-,12+/m0/s1. The minimum absolute atomic E-state index is 0.0489. The van der Waals surface area contributed by atoms with E-state index in [9.17, 15) is 5.11 Å². The van der Waals surface area contributed by atoms with Gasteiger partial charge in [-0.2, -0.15) is 0 Å². The van der Waals surface area contributed by atoms with E-state index < -0.39 is 12.1 Å². The van der Waals surface area contributed by atoms with Gasteiger partial charge in [-0.25, -0.2) is 0 Å². The molecule has 0 heterocycles. The molecule has 0 aliphatic carbocycles. The van der Waals surface area contributed by atoms with Crippen LogP contribution in [0.25, 0.3) is 0 Å². The van der Waals surface area contributed by atoms with Crippen LogP contribution in [-0.2, 0) is 0 Å². The Bertz CT molecular complexity index is 420. The summed E-state index contributed by atoms with van der Waals surface area (Å²) in [5.41, 5.74) is 6.80. The van der Waals surface area contributed by atoms with E-state index in [0.29, 0.717) is 22.8 Å². The topological polar surface area (TPSA) is 73.9 Å². The predicted molar refractivity (Wildman–Crippen MR) is 73.9 cm³/mol. The van der Waals surface area contributed by atoms with E-state index in [0.717, 1.165) is 0 Å². The summed E-state index contributed by atoms with van der Waals surface area (Å²) in [5.74, 6) is 1.59. The Balaban J connectivity index is 3.28. The maximum absolute atomic E-state index is 10.1. The van der Waals surface area contributed by atoms with Crippen LogP contribution >= 0.6 is 0 Å². The lowest BCUT2D eigenvalue weighted by Crippen LogP contribution is -2.30. The highest BCUT2D eigenvalue weighted by atomic mass is 16.5. The Kier molecular flexibility index (Phi) is 5.44. The number of rotatable bonds is 6. The zero-order valence-electron chi connectivity index (χ0n) is 12.1. The molecular formula is C14H23NO4. The second-order valence-electron chi connectivity index (χ2n) is 4.68. The van der Waals surface area contributed by atoms with E-state index in [-0.39, 0.29) is 5.92 Å². The molecule has 0 unspecified atom stereocenters. The number of aliphatic hydroxyl groups is 1. The number of hydrogen-bond acceptors (Lipinski definition) is 5. The molecule has 0 aliphatic heterocycles. The van der Waals surface area contributed by atoms with Crippen LogP contribution in [0.2, 0.25) is 0 Å². The lowest BCUT2D eigenvalue weighted by Gasteiger charge is -2.25. The smallest absolute Gasteiger partial charge is 0.203 e. The van der Waals surface area contributed by atoms with Crippen molar-refractivity contribution in [2.24, 2.45) is 11.7 Å². The minimum atomic E-state index is -0.660. The van der Waals surface area contributed by atoms with Gasteiger partial charge in [0.05, 0.1) is 33.5 Å². The molecule has 0 radical (unpaired) electrons. The van der Waals surface area contributed by atoms with Gasteiger partial charge in [0.15, 0.2) is 11.5 Å². The molecule has 0 fully saturated rings. The molecule has 0 amide bonds. The molecule has 0 saturated heterocycles. The molecule has 0 saturated carbocycles. The molecule has 5 heteroatoms. The lowest BCUT2D eigenvalue weighted by molar-refractivity contribution is 0.0967. The molecule has 108 valence electrons. The molecule has 19 heavy (non-hydrogen) atoms. The van der Waals surface area contributed by atoms with Crippen LogP contribution in [0.15, 0.2) is 12.1 Å².